The van der Waals surface area contributed by atoms with E-state index in [1.165, 1.54) is 24.8 Å². The zero-order chi connectivity index (χ0) is 13.0. The molecule has 1 atom stereocenters. The largest absolute Gasteiger partial charge is 0.489 e. The van der Waals surface area contributed by atoms with Gasteiger partial charge in [0.15, 0.2) is 0 Å². The van der Waals surface area contributed by atoms with Gasteiger partial charge in [0.2, 0.25) is 0 Å². The van der Waals surface area contributed by atoms with Gasteiger partial charge < -0.3 is 10.1 Å². The van der Waals surface area contributed by atoms with Crippen molar-refractivity contribution in [2.24, 2.45) is 5.92 Å². The van der Waals surface area contributed by atoms with Crippen LogP contribution in [0.25, 0.3) is 0 Å². The first-order valence-electron chi connectivity index (χ1n) is 7.04. The first-order chi connectivity index (χ1) is 8.69. The summed E-state index contributed by atoms with van der Waals surface area (Å²) < 4.78 is 5.71. The molecule has 2 rings (SSSR count). The second-order valence-corrected chi connectivity index (χ2v) is 5.41. The van der Waals surface area contributed by atoms with Gasteiger partial charge in [-0.05, 0) is 44.4 Å². The van der Waals surface area contributed by atoms with Crippen LogP contribution in [-0.4, -0.2) is 17.6 Å². The van der Waals surface area contributed by atoms with E-state index < -0.39 is 0 Å². The summed E-state index contributed by atoms with van der Waals surface area (Å²) in [4.78, 5) is 4.30. The van der Waals surface area contributed by atoms with Gasteiger partial charge in [-0.15, -0.1) is 0 Å². The molecule has 100 valence electrons. The van der Waals surface area contributed by atoms with E-state index >= 15 is 0 Å². The molecule has 1 saturated carbocycles. The highest BCUT2D eigenvalue weighted by Crippen LogP contribution is 2.37. The molecule has 1 unspecified atom stereocenters. The topological polar surface area (TPSA) is 34.2 Å². The number of nitrogens with zero attached hydrogens (tertiary/aromatic N) is 1. The zero-order valence-corrected chi connectivity index (χ0v) is 11.6. The summed E-state index contributed by atoms with van der Waals surface area (Å²) in [6, 6.07) is 2.55. The molecular formula is C15H24N2O. The van der Waals surface area contributed by atoms with E-state index in [1.807, 2.05) is 20.0 Å². The van der Waals surface area contributed by atoms with Gasteiger partial charge in [-0.25, -0.2) is 0 Å². The minimum atomic E-state index is 0.197. The Morgan fingerprint density at radius 3 is 2.78 bits per heavy atom. The highest BCUT2D eigenvalue weighted by Gasteiger charge is 2.26. The summed E-state index contributed by atoms with van der Waals surface area (Å²) in [7, 11) is 0. The highest BCUT2D eigenvalue weighted by atomic mass is 16.5. The van der Waals surface area contributed by atoms with Crippen molar-refractivity contribution in [3.8, 4) is 5.75 Å². The lowest BCUT2D eigenvalue weighted by Crippen LogP contribution is -2.21. The smallest absolute Gasteiger partial charge is 0.138 e. The Bertz CT molecular complexity index is 375. The lowest BCUT2D eigenvalue weighted by atomic mass is 10.0. The van der Waals surface area contributed by atoms with E-state index in [9.17, 15) is 0 Å². The molecule has 0 aliphatic heterocycles. The summed E-state index contributed by atoms with van der Waals surface area (Å²) in [5.41, 5.74) is 1.25. The molecule has 0 bridgehead atoms. The van der Waals surface area contributed by atoms with Crippen molar-refractivity contribution in [3.63, 3.8) is 0 Å². The van der Waals surface area contributed by atoms with Crippen LogP contribution < -0.4 is 10.1 Å². The van der Waals surface area contributed by atoms with Crippen LogP contribution in [0, 0.1) is 5.92 Å². The summed E-state index contributed by atoms with van der Waals surface area (Å²) >= 11 is 0. The van der Waals surface area contributed by atoms with Crippen molar-refractivity contribution in [2.45, 2.75) is 52.2 Å². The Balaban J connectivity index is 2.07. The molecule has 0 aromatic carbocycles. The Labute approximate surface area is 110 Å². The second-order valence-electron chi connectivity index (χ2n) is 5.41. The first kappa shape index (κ1) is 13.3. The predicted molar refractivity (Wildman–Crippen MR) is 73.8 cm³/mol. The molecular weight excluding hydrogens is 224 g/mol. The SMILES string of the molecule is CCNC(CC1CC1)c1cncc(OC(C)C)c1. The third kappa shape index (κ3) is 3.98. The highest BCUT2D eigenvalue weighted by molar-refractivity contribution is 5.26. The molecule has 3 heteroatoms. The van der Waals surface area contributed by atoms with Crippen LogP contribution in [0.3, 0.4) is 0 Å². The number of nitrogens with one attached hydrogen (secondary N) is 1. The maximum Gasteiger partial charge on any atom is 0.138 e. The Hall–Kier alpha value is -1.09. The quantitative estimate of drug-likeness (QED) is 0.803. The van der Waals surface area contributed by atoms with Crippen LogP contribution in [0.15, 0.2) is 18.5 Å². The molecule has 1 fully saturated rings. The molecule has 1 aliphatic rings. The summed E-state index contributed by atoms with van der Waals surface area (Å²) in [5, 5.41) is 3.56. The molecule has 1 N–H and O–H groups in total. The van der Waals surface area contributed by atoms with Gasteiger partial charge in [0.1, 0.15) is 5.75 Å². The average Bonchev–Trinajstić information content (AvgIpc) is 3.12. The van der Waals surface area contributed by atoms with Gasteiger partial charge in [0.25, 0.3) is 0 Å². The third-order valence-corrected chi connectivity index (χ3v) is 3.22. The summed E-state index contributed by atoms with van der Waals surface area (Å²) in [5.74, 6) is 1.78. The van der Waals surface area contributed by atoms with Crippen molar-refractivity contribution < 1.29 is 4.74 Å². The van der Waals surface area contributed by atoms with Gasteiger partial charge in [-0.1, -0.05) is 19.8 Å². The zero-order valence-electron chi connectivity index (χ0n) is 11.6. The lowest BCUT2D eigenvalue weighted by molar-refractivity contribution is 0.241. The van der Waals surface area contributed by atoms with Crippen LogP contribution >= 0.6 is 0 Å². The van der Waals surface area contributed by atoms with Gasteiger partial charge in [-0.3, -0.25) is 4.98 Å². The molecule has 0 amide bonds. The van der Waals surface area contributed by atoms with E-state index in [-0.39, 0.29) is 6.10 Å². The van der Waals surface area contributed by atoms with Crippen molar-refractivity contribution in [3.05, 3.63) is 24.0 Å². The summed E-state index contributed by atoms with van der Waals surface area (Å²) in [6.07, 6.45) is 7.95. The number of pyridine rings is 1. The number of hydrogen-bond acceptors (Lipinski definition) is 3. The molecule has 3 nitrogen and oxygen atoms in total. The van der Waals surface area contributed by atoms with E-state index in [2.05, 4.69) is 23.3 Å². The van der Waals surface area contributed by atoms with Crippen LogP contribution in [0.2, 0.25) is 0 Å². The predicted octanol–water partition coefficient (Wildman–Crippen LogP) is 3.32. The van der Waals surface area contributed by atoms with E-state index in [1.54, 1.807) is 6.20 Å². The fourth-order valence-corrected chi connectivity index (χ4v) is 2.23. The van der Waals surface area contributed by atoms with E-state index in [0.29, 0.717) is 6.04 Å². The normalized spacial score (nSPS) is 16.9. The Morgan fingerprint density at radius 2 is 2.17 bits per heavy atom. The Morgan fingerprint density at radius 1 is 1.39 bits per heavy atom. The lowest BCUT2D eigenvalue weighted by Gasteiger charge is -2.19. The van der Waals surface area contributed by atoms with Gasteiger partial charge in [-0.2, -0.15) is 0 Å². The van der Waals surface area contributed by atoms with Crippen molar-refractivity contribution in [2.75, 3.05) is 6.54 Å². The number of hydrogen-bond donors (Lipinski definition) is 1. The fraction of sp³-hybridized carbons (Fsp3) is 0.667. The fourth-order valence-electron chi connectivity index (χ4n) is 2.23. The minimum absolute atomic E-state index is 0.197. The number of rotatable bonds is 7. The van der Waals surface area contributed by atoms with Gasteiger partial charge in [0.05, 0.1) is 12.3 Å². The van der Waals surface area contributed by atoms with Gasteiger partial charge in [0, 0.05) is 12.2 Å². The standard InChI is InChI=1S/C15H24N2O/c1-4-17-15(7-12-5-6-12)13-8-14(10-16-9-13)18-11(2)3/h8-12,15,17H,4-7H2,1-3H3. The van der Waals surface area contributed by atoms with Crippen molar-refractivity contribution >= 4 is 0 Å². The van der Waals surface area contributed by atoms with Gasteiger partial charge >= 0.3 is 0 Å². The minimum Gasteiger partial charge on any atom is -0.489 e. The van der Waals surface area contributed by atoms with Crippen molar-refractivity contribution in [1.82, 2.24) is 10.3 Å². The molecule has 1 aromatic rings. The Kier molecular flexibility index (Phi) is 4.59. The number of aromatic nitrogens is 1. The van der Waals surface area contributed by atoms with Crippen LogP contribution in [0.5, 0.6) is 5.75 Å². The first-order valence-corrected chi connectivity index (χ1v) is 7.04. The monoisotopic (exact) mass is 248 g/mol. The van der Waals surface area contributed by atoms with Crippen LogP contribution in [0.4, 0.5) is 0 Å². The van der Waals surface area contributed by atoms with Crippen LogP contribution in [-0.2, 0) is 0 Å². The summed E-state index contributed by atoms with van der Waals surface area (Å²) in [6.45, 7) is 7.23. The second kappa shape index (κ2) is 6.19. The maximum absolute atomic E-state index is 5.71. The van der Waals surface area contributed by atoms with Crippen LogP contribution in [0.1, 0.15) is 51.6 Å². The molecule has 1 aromatic heterocycles. The van der Waals surface area contributed by atoms with E-state index in [0.717, 1.165) is 18.2 Å². The molecule has 0 radical (unpaired) electrons. The number of ether oxygens (including phenoxy) is 1. The molecule has 1 aliphatic carbocycles. The van der Waals surface area contributed by atoms with E-state index in [4.69, 9.17) is 4.74 Å². The maximum atomic E-state index is 5.71. The van der Waals surface area contributed by atoms with Crippen molar-refractivity contribution in [1.29, 1.82) is 0 Å². The molecule has 1 heterocycles. The third-order valence-electron chi connectivity index (χ3n) is 3.22. The molecule has 0 saturated heterocycles. The molecule has 18 heavy (non-hydrogen) atoms. The average molecular weight is 248 g/mol. The molecule has 0 spiro atoms.